The number of pyridine rings is 1. The van der Waals surface area contributed by atoms with Gasteiger partial charge in [0.2, 0.25) is 5.56 Å². The van der Waals surface area contributed by atoms with Gasteiger partial charge >= 0.3 is 0 Å². The number of fused-ring (bicyclic) bond motifs is 1. The second-order valence-corrected chi connectivity index (χ2v) is 9.12. The summed E-state index contributed by atoms with van der Waals surface area (Å²) in [6.45, 7) is 5.86. The Hall–Kier alpha value is -2.71. The summed E-state index contributed by atoms with van der Waals surface area (Å²) < 4.78 is 5.86. The molecule has 0 bridgehead atoms. The van der Waals surface area contributed by atoms with E-state index in [1.54, 1.807) is 12.1 Å². The Kier molecular flexibility index (Phi) is 8.71. The normalized spacial score (nSPS) is 17.7. The zero-order valence-corrected chi connectivity index (χ0v) is 19.6. The van der Waals surface area contributed by atoms with E-state index in [1.807, 2.05) is 6.07 Å². The summed E-state index contributed by atoms with van der Waals surface area (Å²) in [5.74, 6) is 0.543. The van der Waals surface area contributed by atoms with Crippen molar-refractivity contribution in [2.24, 2.45) is 5.92 Å². The number of ether oxygens (including phenoxy) is 1. The van der Waals surface area contributed by atoms with Crippen molar-refractivity contribution in [3.63, 3.8) is 0 Å². The van der Waals surface area contributed by atoms with Crippen LogP contribution in [-0.2, 0) is 11.2 Å². The number of likely N-dealkylation sites (tertiary alicyclic amines) is 1. The van der Waals surface area contributed by atoms with Crippen LogP contribution >= 0.6 is 0 Å². The predicted molar refractivity (Wildman–Crippen MR) is 134 cm³/mol. The standard InChI is InChI=1S/C27H35N3O4/c31-24-10-8-22(23-9-11-26(33)29-27(23)24)25(32)18-28-17-21-7-4-13-30(19-21)14-16-34-15-12-20-5-2-1-3-6-20/h1-3,5-6,8-11,21,25,28,31-32H,4,7,12-19H2,(H,29,33)/t21?,25-/m0/s1. The molecule has 1 aliphatic heterocycles. The van der Waals surface area contributed by atoms with E-state index in [0.717, 1.165) is 45.8 Å². The van der Waals surface area contributed by atoms with E-state index in [9.17, 15) is 15.0 Å². The van der Waals surface area contributed by atoms with E-state index in [0.29, 0.717) is 28.9 Å². The summed E-state index contributed by atoms with van der Waals surface area (Å²) >= 11 is 0. The van der Waals surface area contributed by atoms with Crippen LogP contribution in [0.5, 0.6) is 5.75 Å². The number of hydrogen-bond donors (Lipinski definition) is 4. The second kappa shape index (κ2) is 12.1. The Balaban J connectivity index is 1.18. The number of H-pyrrole nitrogens is 1. The number of phenols is 1. The first kappa shape index (κ1) is 24.4. The van der Waals surface area contributed by atoms with Crippen molar-refractivity contribution in [1.82, 2.24) is 15.2 Å². The highest BCUT2D eigenvalue weighted by Crippen LogP contribution is 2.28. The Morgan fingerprint density at radius 1 is 1.12 bits per heavy atom. The highest BCUT2D eigenvalue weighted by atomic mass is 16.5. The van der Waals surface area contributed by atoms with Crippen molar-refractivity contribution < 1.29 is 14.9 Å². The Morgan fingerprint density at radius 3 is 2.82 bits per heavy atom. The molecular formula is C27H35N3O4. The Bertz CT molecular complexity index is 1100. The maximum Gasteiger partial charge on any atom is 0.248 e. The van der Waals surface area contributed by atoms with Gasteiger partial charge in [-0.1, -0.05) is 36.4 Å². The van der Waals surface area contributed by atoms with Gasteiger partial charge in [0, 0.05) is 31.1 Å². The molecule has 0 spiro atoms. The van der Waals surface area contributed by atoms with Gasteiger partial charge in [-0.15, -0.1) is 0 Å². The second-order valence-electron chi connectivity index (χ2n) is 9.12. The minimum absolute atomic E-state index is 0.00273. The molecule has 0 radical (unpaired) electrons. The van der Waals surface area contributed by atoms with Gasteiger partial charge in [0.25, 0.3) is 0 Å². The van der Waals surface area contributed by atoms with Crippen LogP contribution in [0.1, 0.15) is 30.1 Å². The van der Waals surface area contributed by atoms with Gasteiger partial charge in [0.15, 0.2) is 0 Å². The minimum atomic E-state index is -0.730. The van der Waals surface area contributed by atoms with Crippen molar-refractivity contribution in [3.8, 4) is 5.75 Å². The van der Waals surface area contributed by atoms with Crippen LogP contribution < -0.4 is 10.9 Å². The van der Waals surface area contributed by atoms with Crippen LogP contribution in [0.4, 0.5) is 0 Å². The molecule has 2 heterocycles. The quantitative estimate of drug-likeness (QED) is 0.325. The van der Waals surface area contributed by atoms with Crippen LogP contribution in [0.25, 0.3) is 10.9 Å². The lowest BCUT2D eigenvalue weighted by molar-refractivity contribution is 0.0853. The first-order valence-electron chi connectivity index (χ1n) is 12.2. The predicted octanol–water partition coefficient (Wildman–Crippen LogP) is 2.83. The van der Waals surface area contributed by atoms with Crippen LogP contribution in [0.3, 0.4) is 0 Å². The molecule has 182 valence electrons. The van der Waals surface area contributed by atoms with Gasteiger partial charge in [-0.25, -0.2) is 0 Å². The zero-order chi connectivity index (χ0) is 23.8. The van der Waals surface area contributed by atoms with E-state index in [4.69, 9.17) is 4.74 Å². The maximum atomic E-state index is 11.6. The van der Waals surface area contributed by atoms with Crippen LogP contribution in [-0.4, -0.2) is 66.0 Å². The SMILES string of the molecule is O=c1ccc2c([C@@H](O)CNCC3CCCN(CCOCCc4ccccc4)C3)ccc(O)c2[nH]1. The van der Waals surface area contributed by atoms with Gasteiger partial charge in [-0.2, -0.15) is 0 Å². The van der Waals surface area contributed by atoms with E-state index in [1.165, 1.54) is 30.5 Å². The zero-order valence-electron chi connectivity index (χ0n) is 19.6. The molecule has 1 saturated heterocycles. The summed E-state index contributed by atoms with van der Waals surface area (Å²) in [6, 6.07) is 16.7. The van der Waals surface area contributed by atoms with Gasteiger partial charge in [0.05, 0.1) is 24.8 Å². The number of phenolic OH excluding ortho intramolecular Hbond substituents is 1. The number of benzene rings is 2. The van der Waals surface area contributed by atoms with Crippen molar-refractivity contribution >= 4 is 10.9 Å². The molecule has 2 aromatic carbocycles. The Morgan fingerprint density at radius 2 is 1.97 bits per heavy atom. The molecule has 7 nitrogen and oxygen atoms in total. The molecule has 0 amide bonds. The number of aromatic hydroxyl groups is 1. The third-order valence-electron chi connectivity index (χ3n) is 6.57. The van der Waals surface area contributed by atoms with Crippen LogP contribution in [0.15, 0.2) is 59.4 Å². The van der Waals surface area contributed by atoms with Crippen LogP contribution in [0, 0.1) is 5.92 Å². The largest absolute Gasteiger partial charge is 0.506 e. The molecule has 1 unspecified atom stereocenters. The molecule has 4 rings (SSSR count). The molecule has 0 aliphatic carbocycles. The average Bonchev–Trinajstić information content (AvgIpc) is 2.85. The number of piperidine rings is 1. The van der Waals surface area contributed by atoms with Crippen molar-refractivity contribution in [2.45, 2.75) is 25.4 Å². The van der Waals surface area contributed by atoms with E-state index in [-0.39, 0.29) is 11.3 Å². The molecule has 1 aliphatic rings. The van der Waals surface area contributed by atoms with E-state index in [2.05, 4.69) is 39.5 Å². The third kappa shape index (κ3) is 6.67. The number of aromatic amines is 1. The maximum absolute atomic E-state index is 11.6. The number of nitrogens with zero attached hydrogens (tertiary/aromatic N) is 1. The van der Waals surface area contributed by atoms with Crippen molar-refractivity contribution in [2.75, 3.05) is 45.9 Å². The minimum Gasteiger partial charge on any atom is -0.506 e. The molecule has 3 aromatic rings. The summed E-state index contributed by atoms with van der Waals surface area (Å²) in [5, 5.41) is 24.9. The number of nitrogens with one attached hydrogen (secondary N) is 2. The number of aromatic nitrogens is 1. The number of aliphatic hydroxyl groups is 1. The fraction of sp³-hybridized carbons (Fsp3) is 0.444. The molecular weight excluding hydrogens is 430 g/mol. The highest BCUT2D eigenvalue weighted by molar-refractivity contribution is 5.87. The van der Waals surface area contributed by atoms with Gasteiger partial charge < -0.3 is 30.2 Å². The smallest absolute Gasteiger partial charge is 0.248 e. The van der Waals surface area contributed by atoms with Gasteiger partial charge in [0.1, 0.15) is 5.75 Å². The van der Waals surface area contributed by atoms with Crippen molar-refractivity contribution in [1.29, 1.82) is 0 Å². The first-order valence-corrected chi connectivity index (χ1v) is 12.2. The molecule has 0 saturated carbocycles. The molecule has 34 heavy (non-hydrogen) atoms. The fourth-order valence-electron chi connectivity index (χ4n) is 4.74. The monoisotopic (exact) mass is 465 g/mol. The average molecular weight is 466 g/mol. The molecule has 1 aromatic heterocycles. The van der Waals surface area contributed by atoms with Gasteiger partial charge in [-0.3, -0.25) is 4.79 Å². The van der Waals surface area contributed by atoms with E-state index >= 15 is 0 Å². The summed E-state index contributed by atoms with van der Waals surface area (Å²) in [7, 11) is 0. The van der Waals surface area contributed by atoms with Gasteiger partial charge in [-0.05, 0) is 61.5 Å². The Labute approximate surface area is 200 Å². The highest BCUT2D eigenvalue weighted by Gasteiger charge is 2.20. The lowest BCUT2D eigenvalue weighted by atomic mass is 9.97. The van der Waals surface area contributed by atoms with Crippen molar-refractivity contribution in [3.05, 3.63) is 76.1 Å². The fourth-order valence-corrected chi connectivity index (χ4v) is 4.74. The molecule has 7 heteroatoms. The number of rotatable bonds is 11. The van der Waals surface area contributed by atoms with E-state index < -0.39 is 6.10 Å². The summed E-state index contributed by atoms with van der Waals surface area (Å²) in [4.78, 5) is 16.7. The lowest BCUT2D eigenvalue weighted by Gasteiger charge is -2.33. The lowest BCUT2D eigenvalue weighted by Crippen LogP contribution is -2.41. The summed E-state index contributed by atoms with van der Waals surface area (Å²) in [5.41, 5.74) is 2.07. The van der Waals surface area contributed by atoms with Crippen LogP contribution in [0.2, 0.25) is 0 Å². The molecule has 1 fully saturated rings. The molecule has 2 atom stereocenters. The number of hydrogen-bond acceptors (Lipinski definition) is 6. The molecule has 4 N–H and O–H groups in total. The summed E-state index contributed by atoms with van der Waals surface area (Å²) in [6.07, 6.45) is 2.57. The number of aliphatic hydroxyl groups excluding tert-OH is 1. The first-order chi connectivity index (χ1) is 16.6. The topological polar surface area (TPSA) is 97.8 Å². The third-order valence-corrected chi connectivity index (χ3v) is 6.57.